The van der Waals surface area contributed by atoms with Crippen molar-refractivity contribution in [2.75, 3.05) is 11.9 Å². The fourth-order valence-corrected chi connectivity index (χ4v) is 2.10. The molecule has 1 aromatic heterocycles. The van der Waals surface area contributed by atoms with Gasteiger partial charge < -0.3 is 20.2 Å². The number of hydrogen-bond acceptors (Lipinski definition) is 4. The van der Waals surface area contributed by atoms with Crippen molar-refractivity contribution in [2.45, 2.75) is 13.3 Å². The number of nitrogens with zero attached hydrogens (tertiary/aromatic N) is 1. The molecule has 0 bridgehead atoms. The quantitative estimate of drug-likeness (QED) is 0.792. The van der Waals surface area contributed by atoms with Crippen LogP contribution in [0.1, 0.15) is 12.3 Å². The van der Waals surface area contributed by atoms with Crippen molar-refractivity contribution >= 4 is 44.7 Å². The van der Waals surface area contributed by atoms with Crippen molar-refractivity contribution < 1.29 is 19.1 Å². The molecule has 0 unspecified atom stereocenters. The Bertz CT molecular complexity index is 668. The Balaban J connectivity index is 2.12. The fraction of sp³-hybridized carbons (Fsp3) is 0.250. The number of carbonyl (C=O) groups excluding carboxylic acids is 1. The summed E-state index contributed by atoms with van der Waals surface area (Å²) in [6.07, 6.45) is -0.136. The predicted molar refractivity (Wildman–Crippen MR) is 75.7 cm³/mol. The number of anilines is 1. The van der Waals surface area contributed by atoms with Crippen molar-refractivity contribution in [3.63, 3.8) is 0 Å². The Hall–Kier alpha value is -2.09. The lowest BCUT2D eigenvalue weighted by molar-refractivity contribution is -0.136. The van der Waals surface area contributed by atoms with Gasteiger partial charge in [-0.25, -0.2) is 9.78 Å². The molecular formula is C12H12BrN3O4. The van der Waals surface area contributed by atoms with Crippen molar-refractivity contribution in [1.29, 1.82) is 0 Å². The third kappa shape index (κ3) is 3.47. The van der Waals surface area contributed by atoms with Crippen LogP contribution in [-0.4, -0.2) is 28.6 Å². The molecule has 0 atom stereocenters. The molecule has 20 heavy (non-hydrogen) atoms. The number of carboxylic acids is 1. The van der Waals surface area contributed by atoms with Crippen molar-refractivity contribution in [1.82, 2.24) is 10.3 Å². The molecule has 0 saturated carbocycles. The molecule has 0 aliphatic carbocycles. The lowest BCUT2D eigenvalue weighted by atomic mass is 10.3. The van der Waals surface area contributed by atoms with E-state index in [2.05, 4.69) is 31.5 Å². The maximum Gasteiger partial charge on any atom is 0.319 e. The summed E-state index contributed by atoms with van der Waals surface area (Å²) in [6.45, 7) is 1.76. The molecule has 2 rings (SSSR count). The zero-order valence-electron chi connectivity index (χ0n) is 10.6. The van der Waals surface area contributed by atoms with E-state index in [1.54, 1.807) is 19.1 Å². The van der Waals surface area contributed by atoms with Crippen LogP contribution >= 0.6 is 15.9 Å². The minimum atomic E-state index is -0.971. The van der Waals surface area contributed by atoms with Gasteiger partial charge in [-0.1, -0.05) is 15.9 Å². The molecule has 1 heterocycles. The zero-order valence-corrected chi connectivity index (χ0v) is 12.2. The summed E-state index contributed by atoms with van der Waals surface area (Å²) >= 11 is 3.32. The molecule has 7 nitrogen and oxygen atoms in total. The second kappa shape index (κ2) is 5.91. The largest absolute Gasteiger partial charge is 0.481 e. The molecule has 106 valence electrons. The Morgan fingerprint density at radius 2 is 2.20 bits per heavy atom. The molecule has 0 spiro atoms. The SMILES string of the molecule is Cc1nc2cc(Br)cc(NC(=O)NCCC(=O)O)c2o1. The molecule has 3 N–H and O–H groups in total. The maximum absolute atomic E-state index is 11.7. The van der Waals surface area contributed by atoms with E-state index < -0.39 is 12.0 Å². The molecule has 1 aromatic carbocycles. The highest BCUT2D eigenvalue weighted by molar-refractivity contribution is 9.10. The van der Waals surface area contributed by atoms with Gasteiger partial charge in [0.25, 0.3) is 0 Å². The van der Waals surface area contributed by atoms with Gasteiger partial charge in [0, 0.05) is 17.9 Å². The van der Waals surface area contributed by atoms with Crippen molar-refractivity contribution in [3.8, 4) is 0 Å². The summed E-state index contributed by atoms with van der Waals surface area (Å²) in [6, 6.07) is 2.96. The second-order valence-electron chi connectivity index (χ2n) is 4.06. The topological polar surface area (TPSA) is 104 Å². The van der Waals surface area contributed by atoms with E-state index in [9.17, 15) is 9.59 Å². The van der Waals surface area contributed by atoms with Crippen LogP contribution in [0.5, 0.6) is 0 Å². The van der Waals surface area contributed by atoms with Crippen LogP contribution in [0, 0.1) is 6.92 Å². The highest BCUT2D eigenvalue weighted by atomic mass is 79.9. The normalized spacial score (nSPS) is 10.5. The standard InChI is InChI=1S/C12H12BrN3O4/c1-6-15-8-4-7(13)5-9(11(8)20-6)16-12(19)14-3-2-10(17)18/h4-5H,2-3H2,1H3,(H,17,18)(H2,14,16,19). The molecule has 0 saturated heterocycles. The average molecular weight is 342 g/mol. The van der Waals surface area contributed by atoms with Crippen LogP contribution < -0.4 is 10.6 Å². The first-order valence-electron chi connectivity index (χ1n) is 5.79. The van der Waals surface area contributed by atoms with Crippen molar-refractivity contribution in [3.05, 3.63) is 22.5 Å². The van der Waals surface area contributed by atoms with Crippen LogP contribution in [0.25, 0.3) is 11.1 Å². The summed E-state index contributed by atoms with van der Waals surface area (Å²) in [7, 11) is 0. The number of hydrogen-bond donors (Lipinski definition) is 3. The molecular weight excluding hydrogens is 330 g/mol. The number of oxazole rings is 1. The van der Waals surface area contributed by atoms with Gasteiger partial charge in [0.15, 0.2) is 11.5 Å². The third-order valence-electron chi connectivity index (χ3n) is 2.43. The molecule has 0 aliphatic heterocycles. The fourth-order valence-electron chi connectivity index (χ4n) is 1.65. The number of amides is 2. The van der Waals surface area contributed by atoms with Gasteiger partial charge in [-0.15, -0.1) is 0 Å². The number of nitrogens with one attached hydrogen (secondary N) is 2. The van der Waals surface area contributed by atoms with E-state index in [1.807, 2.05) is 0 Å². The van der Waals surface area contributed by atoms with Gasteiger partial charge in [-0.3, -0.25) is 4.79 Å². The molecule has 0 fully saturated rings. The van der Waals surface area contributed by atoms with Gasteiger partial charge in [-0.2, -0.15) is 0 Å². The maximum atomic E-state index is 11.7. The smallest absolute Gasteiger partial charge is 0.319 e. The first-order valence-corrected chi connectivity index (χ1v) is 6.58. The number of fused-ring (bicyclic) bond motifs is 1. The summed E-state index contributed by atoms with van der Waals surface area (Å²) < 4.78 is 6.18. The summed E-state index contributed by atoms with van der Waals surface area (Å²) in [5.41, 5.74) is 1.56. The Kier molecular flexibility index (Phi) is 4.23. The Labute approximate surface area is 122 Å². The van der Waals surface area contributed by atoms with Gasteiger partial charge in [0.05, 0.1) is 12.1 Å². The highest BCUT2D eigenvalue weighted by Crippen LogP contribution is 2.28. The number of carbonyl (C=O) groups is 2. The van der Waals surface area contributed by atoms with E-state index in [1.165, 1.54) is 0 Å². The van der Waals surface area contributed by atoms with Crippen LogP contribution in [0.3, 0.4) is 0 Å². The molecule has 0 aliphatic rings. The minimum Gasteiger partial charge on any atom is -0.481 e. The molecule has 8 heteroatoms. The second-order valence-corrected chi connectivity index (χ2v) is 4.97. The minimum absolute atomic E-state index is 0.0494. The van der Waals surface area contributed by atoms with E-state index >= 15 is 0 Å². The van der Waals surface area contributed by atoms with Crippen molar-refractivity contribution in [2.24, 2.45) is 0 Å². The predicted octanol–water partition coefficient (Wildman–Crippen LogP) is 2.49. The first kappa shape index (κ1) is 14.3. The van der Waals surface area contributed by atoms with Gasteiger partial charge >= 0.3 is 12.0 Å². The highest BCUT2D eigenvalue weighted by Gasteiger charge is 2.12. The number of halogens is 1. The summed E-state index contributed by atoms with van der Waals surface area (Å²) in [4.78, 5) is 26.2. The molecule has 0 radical (unpaired) electrons. The van der Waals surface area contributed by atoms with Crippen LogP contribution in [-0.2, 0) is 4.79 Å². The third-order valence-corrected chi connectivity index (χ3v) is 2.89. The summed E-state index contributed by atoms with van der Waals surface area (Å²) in [5, 5.41) is 13.5. The number of aryl methyl sites for hydroxylation is 1. The van der Waals surface area contributed by atoms with Gasteiger partial charge in [-0.05, 0) is 12.1 Å². The van der Waals surface area contributed by atoms with Crippen LogP contribution in [0.2, 0.25) is 0 Å². The number of aromatic nitrogens is 1. The van der Waals surface area contributed by atoms with Crippen LogP contribution in [0.4, 0.5) is 10.5 Å². The Morgan fingerprint density at radius 1 is 1.45 bits per heavy atom. The molecule has 2 aromatic rings. The van der Waals surface area contributed by atoms with Crippen LogP contribution in [0.15, 0.2) is 21.0 Å². The molecule has 2 amide bonds. The number of carboxylic acid groups (broad SMARTS) is 1. The van der Waals surface area contributed by atoms with E-state index in [0.717, 1.165) is 4.47 Å². The van der Waals surface area contributed by atoms with Gasteiger partial charge in [0.1, 0.15) is 5.52 Å². The number of rotatable bonds is 4. The van der Waals surface area contributed by atoms with E-state index in [-0.39, 0.29) is 13.0 Å². The number of aliphatic carboxylic acids is 1. The lowest BCUT2D eigenvalue weighted by Gasteiger charge is -2.07. The number of urea groups is 1. The first-order chi connectivity index (χ1) is 9.45. The zero-order chi connectivity index (χ0) is 14.7. The number of benzene rings is 1. The monoisotopic (exact) mass is 341 g/mol. The van der Waals surface area contributed by atoms with Gasteiger partial charge in [0.2, 0.25) is 0 Å². The average Bonchev–Trinajstić information content (AvgIpc) is 2.69. The Morgan fingerprint density at radius 3 is 2.90 bits per heavy atom. The van der Waals surface area contributed by atoms with E-state index in [4.69, 9.17) is 9.52 Å². The van der Waals surface area contributed by atoms with E-state index in [0.29, 0.717) is 22.7 Å². The lowest BCUT2D eigenvalue weighted by Crippen LogP contribution is -2.30. The summed E-state index contributed by atoms with van der Waals surface area (Å²) in [5.74, 6) is -0.478.